The molecule has 3 rings (SSSR count). The zero-order chi connectivity index (χ0) is 20.1. The fraction of sp³-hybridized carbons (Fsp3) is 0.318. The van der Waals surface area contributed by atoms with Crippen molar-refractivity contribution in [1.82, 2.24) is 10.3 Å². The lowest BCUT2D eigenvalue weighted by atomic mass is 10.0. The van der Waals surface area contributed by atoms with E-state index in [4.69, 9.17) is 14.2 Å². The molecule has 0 unspecified atom stereocenters. The van der Waals surface area contributed by atoms with Crippen LogP contribution in [0.1, 0.15) is 29.3 Å². The predicted octanol–water partition coefficient (Wildman–Crippen LogP) is 3.94. The number of rotatable bonds is 8. The van der Waals surface area contributed by atoms with Gasteiger partial charge in [-0.15, -0.1) is 0 Å². The first kappa shape index (κ1) is 19.6. The molecule has 2 aromatic carbocycles. The fourth-order valence-corrected chi connectivity index (χ4v) is 3.34. The molecule has 0 saturated heterocycles. The first-order chi connectivity index (χ1) is 13.6. The minimum absolute atomic E-state index is 0.00537. The van der Waals surface area contributed by atoms with Crippen LogP contribution < -0.4 is 19.5 Å². The van der Waals surface area contributed by atoms with E-state index in [1.807, 2.05) is 24.4 Å². The van der Waals surface area contributed by atoms with Crippen LogP contribution in [0.25, 0.3) is 10.9 Å². The van der Waals surface area contributed by atoms with Gasteiger partial charge in [0.25, 0.3) is 5.91 Å². The summed E-state index contributed by atoms with van der Waals surface area (Å²) < 4.78 is 16.0. The summed E-state index contributed by atoms with van der Waals surface area (Å²) in [4.78, 5) is 16.2. The minimum Gasteiger partial charge on any atom is -0.493 e. The van der Waals surface area contributed by atoms with E-state index in [0.29, 0.717) is 22.8 Å². The normalized spacial score (nSPS) is 11.9. The van der Waals surface area contributed by atoms with E-state index >= 15 is 0 Å². The zero-order valence-corrected chi connectivity index (χ0v) is 16.7. The third kappa shape index (κ3) is 3.91. The zero-order valence-electron chi connectivity index (χ0n) is 16.7. The van der Waals surface area contributed by atoms with Gasteiger partial charge in [-0.1, -0.05) is 25.1 Å². The van der Waals surface area contributed by atoms with Crippen molar-refractivity contribution >= 4 is 16.8 Å². The summed E-state index contributed by atoms with van der Waals surface area (Å²) >= 11 is 0. The van der Waals surface area contributed by atoms with Crippen molar-refractivity contribution in [2.45, 2.75) is 25.8 Å². The minimum atomic E-state index is -0.175. The molecule has 148 valence electrons. The Kier molecular flexibility index (Phi) is 6.09. The smallest absolute Gasteiger partial charge is 0.251 e. The molecule has 0 fully saturated rings. The fourth-order valence-electron chi connectivity index (χ4n) is 3.34. The Bertz CT molecular complexity index is 939. The van der Waals surface area contributed by atoms with Crippen molar-refractivity contribution in [3.63, 3.8) is 0 Å². The summed E-state index contributed by atoms with van der Waals surface area (Å²) in [6, 6.07) is 11.5. The highest BCUT2D eigenvalue weighted by Gasteiger charge is 2.19. The Morgan fingerprint density at radius 1 is 1.07 bits per heavy atom. The Balaban J connectivity index is 1.80. The second-order valence-electron chi connectivity index (χ2n) is 6.56. The number of amides is 1. The number of hydrogen-bond donors (Lipinski definition) is 2. The van der Waals surface area contributed by atoms with Crippen LogP contribution in [0.3, 0.4) is 0 Å². The van der Waals surface area contributed by atoms with Gasteiger partial charge in [-0.25, -0.2) is 0 Å². The third-order valence-electron chi connectivity index (χ3n) is 4.90. The molecule has 0 aliphatic carbocycles. The molecule has 1 aromatic heterocycles. The third-order valence-corrected chi connectivity index (χ3v) is 4.90. The van der Waals surface area contributed by atoms with Gasteiger partial charge in [-0.3, -0.25) is 4.79 Å². The number of H-pyrrole nitrogens is 1. The summed E-state index contributed by atoms with van der Waals surface area (Å²) in [7, 11) is 4.60. The van der Waals surface area contributed by atoms with Gasteiger partial charge in [-0.05, 0) is 36.6 Å². The number of aromatic amines is 1. The number of para-hydroxylation sites is 1. The Labute approximate surface area is 164 Å². The molecule has 0 bridgehead atoms. The Hall–Kier alpha value is -3.15. The van der Waals surface area contributed by atoms with E-state index in [1.165, 1.54) is 32.3 Å². The number of fused-ring (bicyclic) bond motifs is 1. The molecule has 0 saturated carbocycles. The molecule has 2 N–H and O–H groups in total. The lowest BCUT2D eigenvalue weighted by molar-refractivity contribution is 0.0935. The predicted molar refractivity (Wildman–Crippen MR) is 110 cm³/mol. The number of nitrogens with one attached hydrogen (secondary N) is 2. The highest BCUT2D eigenvalue weighted by molar-refractivity contribution is 5.96. The molecule has 3 aromatic rings. The van der Waals surface area contributed by atoms with E-state index in [9.17, 15) is 4.79 Å². The van der Waals surface area contributed by atoms with Crippen molar-refractivity contribution in [3.8, 4) is 17.2 Å². The van der Waals surface area contributed by atoms with Crippen LogP contribution >= 0.6 is 0 Å². The average Bonchev–Trinajstić information content (AvgIpc) is 3.14. The number of ether oxygens (including phenoxy) is 3. The number of carbonyl (C=O) groups is 1. The maximum absolute atomic E-state index is 12.9. The van der Waals surface area contributed by atoms with Gasteiger partial charge in [-0.2, -0.15) is 0 Å². The molecule has 1 amide bonds. The number of methoxy groups -OCH3 is 3. The van der Waals surface area contributed by atoms with Crippen LogP contribution in [0.5, 0.6) is 17.2 Å². The number of benzene rings is 2. The molecule has 1 heterocycles. The topological polar surface area (TPSA) is 72.6 Å². The summed E-state index contributed by atoms with van der Waals surface area (Å²) in [6.07, 6.45) is 3.57. The van der Waals surface area contributed by atoms with Gasteiger partial charge in [0.1, 0.15) is 0 Å². The van der Waals surface area contributed by atoms with Crippen molar-refractivity contribution in [2.24, 2.45) is 0 Å². The summed E-state index contributed by atoms with van der Waals surface area (Å²) in [5.74, 6) is 1.20. The molecule has 0 aliphatic rings. The van der Waals surface area contributed by atoms with Gasteiger partial charge in [0.05, 0.1) is 21.3 Å². The van der Waals surface area contributed by atoms with Crippen LogP contribution in [0.4, 0.5) is 0 Å². The maximum atomic E-state index is 12.9. The molecular formula is C22H26N2O4. The van der Waals surface area contributed by atoms with Crippen molar-refractivity contribution < 1.29 is 19.0 Å². The molecule has 0 aliphatic heterocycles. The van der Waals surface area contributed by atoms with Gasteiger partial charge in [0.2, 0.25) is 5.75 Å². The highest BCUT2D eigenvalue weighted by atomic mass is 16.5. The van der Waals surface area contributed by atoms with E-state index < -0.39 is 0 Å². The van der Waals surface area contributed by atoms with Crippen LogP contribution in [0.2, 0.25) is 0 Å². The largest absolute Gasteiger partial charge is 0.493 e. The maximum Gasteiger partial charge on any atom is 0.251 e. The van der Waals surface area contributed by atoms with E-state index in [2.05, 4.69) is 23.3 Å². The summed E-state index contributed by atoms with van der Waals surface area (Å²) in [6.45, 7) is 2.06. The van der Waals surface area contributed by atoms with Crippen LogP contribution in [0, 0.1) is 0 Å². The second-order valence-corrected chi connectivity index (χ2v) is 6.56. The van der Waals surface area contributed by atoms with E-state index in [-0.39, 0.29) is 11.9 Å². The van der Waals surface area contributed by atoms with Crippen LogP contribution in [-0.4, -0.2) is 38.3 Å². The molecule has 0 radical (unpaired) electrons. The van der Waals surface area contributed by atoms with E-state index in [1.54, 1.807) is 12.1 Å². The molecule has 6 heteroatoms. The SMILES string of the molecule is CC[C@H](Cc1c[nH]c2ccccc12)NC(=O)c1cc(OC)c(OC)c(OC)c1. The first-order valence-corrected chi connectivity index (χ1v) is 9.27. The monoisotopic (exact) mass is 382 g/mol. The average molecular weight is 382 g/mol. The Morgan fingerprint density at radius 2 is 1.75 bits per heavy atom. The van der Waals surface area contributed by atoms with Gasteiger partial charge >= 0.3 is 0 Å². The standard InChI is InChI=1S/C22H26N2O4/c1-5-16(10-15-13-23-18-9-7-6-8-17(15)18)24-22(25)14-11-19(26-2)21(28-4)20(12-14)27-3/h6-9,11-13,16,23H,5,10H2,1-4H3,(H,24,25)/t16-/m1/s1. The highest BCUT2D eigenvalue weighted by Crippen LogP contribution is 2.38. The molecular weight excluding hydrogens is 356 g/mol. The van der Waals surface area contributed by atoms with Crippen LogP contribution in [0.15, 0.2) is 42.6 Å². The Morgan fingerprint density at radius 3 is 2.36 bits per heavy atom. The quantitative estimate of drug-likeness (QED) is 0.619. The van der Waals surface area contributed by atoms with Crippen LogP contribution in [-0.2, 0) is 6.42 Å². The van der Waals surface area contributed by atoms with Crippen molar-refractivity contribution in [2.75, 3.05) is 21.3 Å². The number of hydrogen-bond acceptors (Lipinski definition) is 4. The molecule has 1 atom stereocenters. The lowest BCUT2D eigenvalue weighted by Crippen LogP contribution is -2.36. The van der Waals surface area contributed by atoms with Gasteiger partial charge in [0, 0.05) is 28.7 Å². The molecule has 6 nitrogen and oxygen atoms in total. The molecule has 28 heavy (non-hydrogen) atoms. The summed E-state index contributed by atoms with van der Waals surface area (Å²) in [5.41, 5.74) is 2.75. The summed E-state index contributed by atoms with van der Waals surface area (Å²) in [5, 5.41) is 4.30. The lowest BCUT2D eigenvalue weighted by Gasteiger charge is -2.18. The molecule has 0 spiro atoms. The van der Waals surface area contributed by atoms with Gasteiger partial charge in [0.15, 0.2) is 11.5 Å². The first-order valence-electron chi connectivity index (χ1n) is 9.27. The van der Waals surface area contributed by atoms with E-state index in [0.717, 1.165) is 18.4 Å². The van der Waals surface area contributed by atoms with Gasteiger partial charge < -0.3 is 24.5 Å². The second kappa shape index (κ2) is 8.69. The van der Waals surface area contributed by atoms with Crippen molar-refractivity contribution in [1.29, 1.82) is 0 Å². The number of carbonyl (C=O) groups excluding carboxylic acids is 1. The van der Waals surface area contributed by atoms with Crippen molar-refractivity contribution in [3.05, 3.63) is 53.7 Å². The number of aromatic nitrogens is 1.